The van der Waals surface area contributed by atoms with E-state index in [9.17, 15) is 0 Å². The van der Waals surface area contributed by atoms with Gasteiger partial charge in [0.15, 0.2) is 0 Å². The van der Waals surface area contributed by atoms with Crippen LogP contribution in [0.25, 0.3) is 39.0 Å². The van der Waals surface area contributed by atoms with Crippen LogP contribution in [0.5, 0.6) is 0 Å². The predicted molar refractivity (Wildman–Crippen MR) is 170 cm³/mol. The van der Waals surface area contributed by atoms with Gasteiger partial charge in [0.05, 0.1) is 0 Å². The van der Waals surface area contributed by atoms with Gasteiger partial charge in [-0.05, 0) is 152 Å². The Balaban J connectivity index is 1.27. The van der Waals surface area contributed by atoms with Crippen molar-refractivity contribution < 1.29 is 0 Å². The highest BCUT2D eigenvalue weighted by molar-refractivity contribution is 6.13. The van der Waals surface area contributed by atoms with E-state index in [2.05, 4.69) is 36.3 Å². The van der Waals surface area contributed by atoms with E-state index < -0.39 is 0 Å². The number of hydrogen-bond acceptors (Lipinski definition) is 1. The van der Waals surface area contributed by atoms with Crippen molar-refractivity contribution in [3.63, 3.8) is 0 Å². The molecule has 0 aromatic heterocycles. The van der Waals surface area contributed by atoms with Crippen molar-refractivity contribution in [3.05, 3.63) is 84.1 Å². The lowest BCUT2D eigenvalue weighted by Gasteiger charge is -2.57. The van der Waals surface area contributed by atoms with Crippen LogP contribution in [0.3, 0.4) is 0 Å². The maximum absolute atomic E-state index is 2.86. The summed E-state index contributed by atoms with van der Waals surface area (Å²) in [6.45, 7) is 2.62. The smallest absolute Gasteiger partial charge is 0.0273 e. The van der Waals surface area contributed by atoms with Crippen LogP contribution in [0.4, 0.5) is 0 Å². The maximum atomic E-state index is 2.86. The Bertz CT molecular complexity index is 2380. The summed E-state index contributed by atoms with van der Waals surface area (Å²) in [5.41, 5.74) is 27.5. The Morgan fingerprint density at radius 1 is 0.568 bits per heavy atom. The Morgan fingerprint density at radius 2 is 1.07 bits per heavy atom. The molecule has 2 spiro atoms. The van der Waals surface area contributed by atoms with Gasteiger partial charge < -0.3 is 4.90 Å². The molecule has 0 radical (unpaired) electrons. The molecule has 210 valence electrons. The number of likely N-dealkylation sites (tertiary alicyclic amines) is 1. The van der Waals surface area contributed by atoms with Gasteiger partial charge in [-0.3, -0.25) is 0 Å². The van der Waals surface area contributed by atoms with E-state index in [1.54, 1.807) is 0 Å². The first-order chi connectivity index (χ1) is 21.8. The SMILES string of the molecule is CN1CC23c4c5c6c7c8c4=C4CCC=8C8C=CC9C%10C=CC%11C%12=c%13c%14c(c-5c5c%13=C(CC%12)C(CCC42)C53C1)C6=C(C9C78)C%10C%14%11. The molecule has 2 saturated carbocycles. The minimum atomic E-state index is 0.314. The molecule has 3 fully saturated rings. The molecule has 1 heteroatoms. The normalized spacial score (nSPS) is 50.2. The second-order valence-electron chi connectivity index (χ2n) is 18.4. The van der Waals surface area contributed by atoms with Crippen molar-refractivity contribution in [2.75, 3.05) is 20.1 Å². The van der Waals surface area contributed by atoms with Gasteiger partial charge in [-0.25, -0.2) is 0 Å². The van der Waals surface area contributed by atoms with Gasteiger partial charge in [0, 0.05) is 47.6 Å². The Kier molecular flexibility index (Phi) is 2.42. The molecule has 0 amide bonds. The van der Waals surface area contributed by atoms with E-state index in [1.165, 1.54) is 51.6 Å². The molecule has 12 unspecified atom stereocenters. The lowest BCUT2D eigenvalue weighted by molar-refractivity contribution is 0.118. The lowest BCUT2D eigenvalue weighted by atomic mass is 9.44. The summed E-state index contributed by atoms with van der Waals surface area (Å²) in [5.74, 6) is 7.34. The standard InChI is InChI=1S/C43H33N/c1-44-12-42-22-10-11-23-21-9-7-19-17-5-3-15-14-2-4-16-18-6-8-20(22)30-28(18)33-26(16)24(14)32-25(15)27(17)34-29(19)31(21)41(43(23,42)13-44)39-37(34)35(32)36(33)38(39)40(30)42/h2-5,14-17,22-27H,6-13H2,1H3. The first-order valence-electron chi connectivity index (χ1n) is 18.5. The van der Waals surface area contributed by atoms with Gasteiger partial charge in [-0.2, -0.15) is 0 Å². The fraction of sp³-hybridized carbons (Fsp3) is 0.488. The number of hydrogen-bond donors (Lipinski definition) is 0. The average Bonchev–Trinajstić information content (AvgIpc) is 3.86. The highest BCUT2D eigenvalue weighted by atomic mass is 15.2. The highest BCUT2D eigenvalue weighted by Crippen LogP contribution is 2.80. The molecule has 44 heavy (non-hydrogen) atoms. The molecule has 14 aliphatic carbocycles. The van der Waals surface area contributed by atoms with Gasteiger partial charge in [0.25, 0.3) is 0 Å². The zero-order valence-corrected chi connectivity index (χ0v) is 25.2. The zero-order chi connectivity index (χ0) is 27.2. The van der Waals surface area contributed by atoms with E-state index in [0.717, 1.165) is 47.3 Å². The molecule has 1 nitrogen and oxygen atoms in total. The summed E-state index contributed by atoms with van der Waals surface area (Å²) >= 11 is 0. The highest BCUT2D eigenvalue weighted by Gasteiger charge is 2.77. The number of allylic oxidation sites excluding steroid dienone is 5. The average molecular weight is 564 g/mol. The molecule has 0 N–H and O–H groups in total. The van der Waals surface area contributed by atoms with Crippen molar-refractivity contribution in [2.45, 2.75) is 61.2 Å². The summed E-state index contributed by atoms with van der Waals surface area (Å²) in [4.78, 5) is 2.86. The molecule has 1 aliphatic heterocycles. The van der Waals surface area contributed by atoms with Crippen LogP contribution in [-0.2, 0) is 10.8 Å². The van der Waals surface area contributed by atoms with Crippen LogP contribution in [-0.4, -0.2) is 25.0 Å². The van der Waals surface area contributed by atoms with Gasteiger partial charge in [0.2, 0.25) is 0 Å². The fourth-order valence-corrected chi connectivity index (χ4v) is 18.4. The maximum Gasteiger partial charge on any atom is 0.0273 e. The fourth-order valence-electron chi connectivity index (χ4n) is 18.4. The van der Waals surface area contributed by atoms with Gasteiger partial charge >= 0.3 is 0 Å². The summed E-state index contributed by atoms with van der Waals surface area (Å²) in [5, 5.41) is 7.53. The van der Waals surface area contributed by atoms with Crippen LogP contribution in [0, 0.1) is 47.3 Å². The molecule has 12 atom stereocenters. The lowest BCUT2D eigenvalue weighted by Crippen LogP contribution is -2.60. The first kappa shape index (κ1) is 20.3. The van der Waals surface area contributed by atoms with Gasteiger partial charge in [-0.1, -0.05) is 52.2 Å². The van der Waals surface area contributed by atoms with Crippen LogP contribution >= 0.6 is 0 Å². The second-order valence-corrected chi connectivity index (χ2v) is 18.4. The zero-order valence-electron chi connectivity index (χ0n) is 25.2. The minimum Gasteiger partial charge on any atom is -0.304 e. The Morgan fingerprint density at radius 3 is 1.59 bits per heavy atom. The number of benzene rings is 2. The molecular formula is C43H33N. The van der Waals surface area contributed by atoms with Crippen LogP contribution in [0.1, 0.15) is 83.7 Å². The third-order valence-electron chi connectivity index (χ3n) is 18.3. The van der Waals surface area contributed by atoms with Crippen LogP contribution < -0.4 is 20.9 Å². The summed E-state index contributed by atoms with van der Waals surface area (Å²) in [6, 6.07) is 0. The molecule has 17 rings (SSSR count). The topological polar surface area (TPSA) is 3.24 Å². The number of fused-ring (bicyclic) bond motifs is 5. The third kappa shape index (κ3) is 1.35. The van der Waals surface area contributed by atoms with Gasteiger partial charge in [0.1, 0.15) is 0 Å². The molecule has 2 aromatic rings. The summed E-state index contributed by atoms with van der Waals surface area (Å²) in [6.07, 6.45) is 19.5. The molecule has 1 saturated heterocycles. The Hall–Kier alpha value is -2.90. The van der Waals surface area contributed by atoms with Crippen molar-refractivity contribution >= 4 is 27.9 Å². The summed E-state index contributed by atoms with van der Waals surface area (Å²) in [7, 11) is 2.52. The number of likely N-dealkylation sites (N-methyl/N-ethyl adjacent to an activating group) is 1. The number of nitrogens with zero attached hydrogens (tertiary/aromatic N) is 1. The third-order valence-corrected chi connectivity index (χ3v) is 18.3. The predicted octanol–water partition coefficient (Wildman–Crippen LogP) is 4.22. The van der Waals surface area contributed by atoms with Crippen molar-refractivity contribution in [1.82, 2.24) is 4.90 Å². The van der Waals surface area contributed by atoms with Gasteiger partial charge in [-0.15, -0.1) is 0 Å². The number of rotatable bonds is 0. The quantitative estimate of drug-likeness (QED) is 0.371. The van der Waals surface area contributed by atoms with Crippen molar-refractivity contribution in [1.29, 1.82) is 0 Å². The van der Waals surface area contributed by atoms with Crippen molar-refractivity contribution in [2.24, 2.45) is 47.3 Å². The molecule has 1 heterocycles. The van der Waals surface area contributed by atoms with E-state index in [1.807, 2.05) is 98.8 Å². The Labute approximate surface area is 256 Å². The van der Waals surface area contributed by atoms with Crippen molar-refractivity contribution in [3.8, 4) is 11.1 Å². The van der Waals surface area contributed by atoms with Crippen LogP contribution in [0.2, 0.25) is 0 Å². The molecule has 0 bridgehead atoms. The first-order valence-corrected chi connectivity index (χ1v) is 18.5. The van der Waals surface area contributed by atoms with E-state index in [-0.39, 0.29) is 0 Å². The molecular weight excluding hydrogens is 530 g/mol. The second kappa shape index (κ2) is 5.25. The monoisotopic (exact) mass is 563 g/mol. The largest absolute Gasteiger partial charge is 0.304 e. The van der Waals surface area contributed by atoms with E-state index in [0.29, 0.717) is 22.7 Å². The molecule has 2 aromatic carbocycles. The van der Waals surface area contributed by atoms with E-state index >= 15 is 0 Å². The van der Waals surface area contributed by atoms with E-state index in [4.69, 9.17) is 0 Å². The molecule has 15 aliphatic rings. The minimum absolute atomic E-state index is 0.314. The summed E-state index contributed by atoms with van der Waals surface area (Å²) < 4.78 is 0. The van der Waals surface area contributed by atoms with Crippen LogP contribution in [0.15, 0.2) is 29.9 Å².